The summed E-state index contributed by atoms with van der Waals surface area (Å²) in [6, 6.07) is 2.73. The largest absolute Gasteiger partial charge is 0.495 e. The van der Waals surface area contributed by atoms with Crippen molar-refractivity contribution in [1.82, 2.24) is 5.32 Å². The smallest absolute Gasteiger partial charge is 0.326 e. The van der Waals surface area contributed by atoms with Gasteiger partial charge >= 0.3 is 12.0 Å². The molecule has 1 aromatic carbocycles. The number of ether oxygens (including phenoxy) is 1. The number of hydrogen-bond donors (Lipinski definition) is 4. The molecule has 1 unspecified atom stereocenters. The summed E-state index contributed by atoms with van der Waals surface area (Å²) in [5, 5.41) is 22.6. The predicted molar refractivity (Wildman–Crippen MR) is 73.3 cm³/mol. The highest BCUT2D eigenvalue weighted by molar-refractivity contribution is 6.32. The van der Waals surface area contributed by atoms with Gasteiger partial charge in [0.25, 0.3) is 0 Å². The Morgan fingerprint density at radius 1 is 1.45 bits per heavy atom. The zero-order chi connectivity index (χ0) is 15.1. The maximum Gasteiger partial charge on any atom is 0.326 e. The minimum atomic E-state index is -1.22. The van der Waals surface area contributed by atoms with E-state index in [4.69, 9.17) is 26.6 Å². The molecule has 0 spiro atoms. The van der Waals surface area contributed by atoms with Crippen LogP contribution < -0.4 is 15.4 Å². The van der Waals surface area contributed by atoms with Crippen molar-refractivity contribution in [3.05, 3.63) is 23.2 Å². The summed E-state index contributed by atoms with van der Waals surface area (Å²) in [5.41, 5.74) is 0.400. The van der Waals surface area contributed by atoms with Crippen LogP contribution in [0.4, 0.5) is 10.5 Å². The van der Waals surface area contributed by atoms with Gasteiger partial charge in [-0.15, -0.1) is 0 Å². The Hall–Kier alpha value is -1.99. The average Bonchev–Trinajstić information content (AvgIpc) is 2.40. The molecule has 0 heterocycles. The third kappa shape index (κ3) is 4.60. The van der Waals surface area contributed by atoms with E-state index in [0.29, 0.717) is 16.5 Å². The lowest BCUT2D eigenvalue weighted by atomic mass is 10.2. The number of anilines is 1. The standard InChI is InChI=1S/C12H15ClN2O5/c1-20-10-6-7(2-3-8(10)13)14-12(19)15-9(4-5-16)11(17)18/h2-3,6,9,16H,4-5H2,1H3,(H,17,18)(H2,14,15,19). The number of aliphatic hydroxyl groups is 1. The van der Waals surface area contributed by atoms with E-state index in [1.165, 1.54) is 13.2 Å². The summed E-state index contributed by atoms with van der Waals surface area (Å²) in [4.78, 5) is 22.5. The van der Waals surface area contributed by atoms with Gasteiger partial charge in [-0.1, -0.05) is 11.6 Å². The van der Waals surface area contributed by atoms with Crippen LogP contribution in [-0.2, 0) is 4.79 Å². The number of carboxylic acid groups (broad SMARTS) is 1. The van der Waals surface area contributed by atoms with E-state index in [2.05, 4.69) is 10.6 Å². The van der Waals surface area contributed by atoms with Crippen molar-refractivity contribution < 1.29 is 24.5 Å². The molecule has 2 amide bonds. The molecule has 1 aromatic rings. The van der Waals surface area contributed by atoms with E-state index < -0.39 is 18.0 Å². The van der Waals surface area contributed by atoms with Gasteiger partial charge in [-0.3, -0.25) is 0 Å². The number of benzene rings is 1. The summed E-state index contributed by atoms with van der Waals surface area (Å²) in [5.74, 6) is -0.836. The lowest BCUT2D eigenvalue weighted by Crippen LogP contribution is -2.43. The first kappa shape index (κ1) is 16.1. The van der Waals surface area contributed by atoms with E-state index in [-0.39, 0.29) is 13.0 Å². The first-order chi connectivity index (χ1) is 9.47. The summed E-state index contributed by atoms with van der Waals surface area (Å²) in [7, 11) is 1.44. The second kappa shape index (κ2) is 7.56. The highest BCUT2D eigenvalue weighted by atomic mass is 35.5. The van der Waals surface area contributed by atoms with Gasteiger partial charge in [0.2, 0.25) is 0 Å². The van der Waals surface area contributed by atoms with Gasteiger partial charge in [-0.2, -0.15) is 0 Å². The van der Waals surface area contributed by atoms with Crippen molar-refractivity contribution in [2.24, 2.45) is 0 Å². The molecule has 1 rings (SSSR count). The minimum absolute atomic E-state index is 0.0767. The fraction of sp³-hybridized carbons (Fsp3) is 0.333. The average molecular weight is 303 g/mol. The van der Waals surface area contributed by atoms with Gasteiger partial charge in [0, 0.05) is 24.8 Å². The third-order valence-electron chi connectivity index (χ3n) is 2.43. The number of carboxylic acids is 1. The number of aliphatic hydroxyl groups excluding tert-OH is 1. The van der Waals surface area contributed by atoms with Gasteiger partial charge < -0.3 is 25.6 Å². The SMILES string of the molecule is COc1cc(NC(=O)NC(CCO)C(=O)O)ccc1Cl. The van der Waals surface area contributed by atoms with Crippen LogP contribution in [0, 0.1) is 0 Å². The number of aliphatic carboxylic acids is 1. The number of amides is 2. The van der Waals surface area contributed by atoms with Crippen LogP contribution in [0.5, 0.6) is 5.75 Å². The Kier molecular flexibility index (Phi) is 6.08. The lowest BCUT2D eigenvalue weighted by Gasteiger charge is -2.14. The van der Waals surface area contributed by atoms with Crippen LogP contribution >= 0.6 is 11.6 Å². The quantitative estimate of drug-likeness (QED) is 0.633. The Morgan fingerprint density at radius 3 is 2.70 bits per heavy atom. The summed E-state index contributed by atoms with van der Waals surface area (Å²) in [6.07, 6.45) is -0.0767. The number of carbonyl (C=O) groups is 2. The Balaban J connectivity index is 2.68. The normalized spacial score (nSPS) is 11.6. The number of hydrogen-bond acceptors (Lipinski definition) is 4. The molecule has 0 aromatic heterocycles. The number of methoxy groups -OCH3 is 1. The molecule has 8 heteroatoms. The zero-order valence-corrected chi connectivity index (χ0v) is 11.5. The van der Waals surface area contributed by atoms with Crippen LogP contribution in [0.25, 0.3) is 0 Å². The molecule has 0 bridgehead atoms. The fourth-order valence-corrected chi connectivity index (χ4v) is 1.64. The van der Waals surface area contributed by atoms with Gasteiger partial charge in [0.05, 0.1) is 12.1 Å². The number of urea groups is 1. The van der Waals surface area contributed by atoms with Crippen LogP contribution in [0.3, 0.4) is 0 Å². The molecule has 0 saturated heterocycles. The number of nitrogens with one attached hydrogen (secondary N) is 2. The van der Waals surface area contributed by atoms with Crippen LogP contribution in [0.2, 0.25) is 5.02 Å². The molecule has 0 fully saturated rings. The Bertz CT molecular complexity index is 495. The van der Waals surface area contributed by atoms with E-state index >= 15 is 0 Å². The van der Waals surface area contributed by atoms with E-state index in [1.807, 2.05) is 0 Å². The van der Waals surface area contributed by atoms with Gasteiger partial charge in [-0.25, -0.2) is 9.59 Å². The second-order valence-corrected chi connectivity index (χ2v) is 4.26. The maximum absolute atomic E-state index is 11.6. The summed E-state index contributed by atoms with van der Waals surface area (Å²) < 4.78 is 4.99. The first-order valence-electron chi connectivity index (χ1n) is 5.72. The molecule has 4 N–H and O–H groups in total. The molecule has 7 nitrogen and oxygen atoms in total. The third-order valence-corrected chi connectivity index (χ3v) is 2.74. The number of rotatable bonds is 6. The highest BCUT2D eigenvalue weighted by Crippen LogP contribution is 2.27. The molecule has 1 atom stereocenters. The molecule has 0 aliphatic carbocycles. The maximum atomic E-state index is 11.6. The summed E-state index contributed by atoms with van der Waals surface area (Å²) in [6.45, 7) is -0.341. The minimum Gasteiger partial charge on any atom is -0.495 e. The topological polar surface area (TPSA) is 108 Å². The number of carbonyl (C=O) groups excluding carboxylic acids is 1. The van der Waals surface area contributed by atoms with Gasteiger partial charge in [0.1, 0.15) is 11.8 Å². The van der Waals surface area contributed by atoms with Crippen molar-refractivity contribution in [2.75, 3.05) is 19.0 Å². The first-order valence-corrected chi connectivity index (χ1v) is 6.10. The Morgan fingerprint density at radius 2 is 2.15 bits per heavy atom. The second-order valence-electron chi connectivity index (χ2n) is 3.85. The van der Waals surface area contributed by atoms with Crippen molar-refractivity contribution in [3.8, 4) is 5.75 Å². The molecule has 0 saturated carbocycles. The molecular weight excluding hydrogens is 288 g/mol. The van der Waals surface area contributed by atoms with Crippen molar-refractivity contribution in [3.63, 3.8) is 0 Å². The summed E-state index contributed by atoms with van der Waals surface area (Å²) >= 11 is 5.84. The Labute approximate surface area is 120 Å². The molecule has 0 radical (unpaired) electrons. The predicted octanol–water partition coefficient (Wildman–Crippen LogP) is 1.31. The van der Waals surface area contributed by atoms with Crippen LogP contribution in [0.1, 0.15) is 6.42 Å². The van der Waals surface area contributed by atoms with E-state index in [9.17, 15) is 9.59 Å². The highest BCUT2D eigenvalue weighted by Gasteiger charge is 2.19. The fourth-order valence-electron chi connectivity index (χ4n) is 1.45. The van der Waals surface area contributed by atoms with Gasteiger partial charge in [-0.05, 0) is 12.1 Å². The van der Waals surface area contributed by atoms with E-state index in [1.54, 1.807) is 12.1 Å². The van der Waals surface area contributed by atoms with Crippen LogP contribution in [-0.4, -0.2) is 42.0 Å². The van der Waals surface area contributed by atoms with Gasteiger partial charge in [0.15, 0.2) is 0 Å². The molecule has 110 valence electrons. The molecule has 0 aliphatic rings. The molecule has 20 heavy (non-hydrogen) atoms. The van der Waals surface area contributed by atoms with Crippen LogP contribution in [0.15, 0.2) is 18.2 Å². The van der Waals surface area contributed by atoms with Crippen molar-refractivity contribution in [1.29, 1.82) is 0 Å². The number of halogens is 1. The lowest BCUT2D eigenvalue weighted by molar-refractivity contribution is -0.139. The molecule has 0 aliphatic heterocycles. The zero-order valence-electron chi connectivity index (χ0n) is 10.7. The molecular formula is C12H15ClN2O5. The van der Waals surface area contributed by atoms with Crippen molar-refractivity contribution in [2.45, 2.75) is 12.5 Å². The monoisotopic (exact) mass is 302 g/mol. The van der Waals surface area contributed by atoms with Crippen molar-refractivity contribution >= 4 is 29.3 Å². The van der Waals surface area contributed by atoms with E-state index in [0.717, 1.165) is 0 Å².